The summed E-state index contributed by atoms with van der Waals surface area (Å²) in [4.78, 5) is 26.9. The third-order valence-electron chi connectivity index (χ3n) is 2.56. The van der Waals surface area contributed by atoms with E-state index < -0.39 is 13.6 Å². The minimum absolute atomic E-state index is 0.0699. The van der Waals surface area contributed by atoms with Crippen LogP contribution < -0.4 is 5.73 Å². The number of esters is 1. The predicted molar refractivity (Wildman–Crippen MR) is 92.2 cm³/mol. The molecule has 0 aromatic heterocycles. The quantitative estimate of drug-likeness (QED) is 0.448. The Morgan fingerprint density at radius 3 is 1.74 bits per heavy atom. The van der Waals surface area contributed by atoms with Crippen LogP contribution in [-0.2, 0) is 14.1 Å². The fraction of sp³-hybridized carbons (Fsp3) is 0.312. The molecule has 0 aliphatic carbocycles. The summed E-state index contributed by atoms with van der Waals surface area (Å²) in [5, 5.41) is 2.62. The fourth-order valence-electron chi connectivity index (χ4n) is 1.62. The largest absolute Gasteiger partial charge is 0.466 e. The van der Waals surface area contributed by atoms with Crippen molar-refractivity contribution in [3.63, 3.8) is 0 Å². The van der Waals surface area contributed by atoms with Crippen LogP contribution in [0.5, 0.6) is 0 Å². The van der Waals surface area contributed by atoms with Crippen LogP contribution in [0.25, 0.3) is 10.8 Å². The first-order valence-corrected chi connectivity index (χ1v) is 8.88. The fourth-order valence-corrected chi connectivity index (χ4v) is 2.16. The summed E-state index contributed by atoms with van der Waals surface area (Å²) in [6, 6.07) is 16.7. The van der Waals surface area contributed by atoms with Gasteiger partial charge in [0.2, 0.25) is 0 Å². The number of ether oxygens (including phenoxy) is 1. The standard InChI is InChI=1S/C10H8.C5H11O5P.CH5N/c1-2-6-10-8-4-3-7-9(10)5-1;1-5(6)10-3-2-4-11(7,8)9;1-2/h1-8H;2-4H2,1H3,(H2,7,8,9);2H2,1H3. The first-order valence-electron chi connectivity index (χ1n) is 7.08. The van der Waals surface area contributed by atoms with E-state index in [1.807, 2.05) is 0 Å². The molecule has 0 radical (unpaired) electrons. The summed E-state index contributed by atoms with van der Waals surface area (Å²) in [6.45, 7) is 1.32. The van der Waals surface area contributed by atoms with E-state index >= 15 is 0 Å². The molecule has 6 nitrogen and oxygen atoms in total. The van der Waals surface area contributed by atoms with E-state index in [0.717, 1.165) is 0 Å². The Morgan fingerprint density at radius 2 is 1.43 bits per heavy atom. The maximum atomic E-state index is 10.2. The molecule has 0 aliphatic heterocycles. The zero-order valence-electron chi connectivity index (χ0n) is 13.4. The van der Waals surface area contributed by atoms with Gasteiger partial charge in [0, 0.05) is 6.92 Å². The van der Waals surface area contributed by atoms with Gasteiger partial charge in [-0.2, -0.15) is 0 Å². The van der Waals surface area contributed by atoms with Crippen LogP contribution in [-0.4, -0.2) is 35.6 Å². The Kier molecular flexibility index (Phi) is 10.9. The van der Waals surface area contributed by atoms with Gasteiger partial charge in [0.15, 0.2) is 0 Å². The average Bonchev–Trinajstić information content (AvgIpc) is 2.53. The van der Waals surface area contributed by atoms with E-state index in [9.17, 15) is 9.36 Å². The second-order valence-electron chi connectivity index (χ2n) is 4.43. The average molecular weight is 341 g/mol. The maximum absolute atomic E-state index is 10.2. The van der Waals surface area contributed by atoms with Crippen LogP contribution in [0, 0.1) is 0 Å². The highest BCUT2D eigenvalue weighted by molar-refractivity contribution is 7.51. The van der Waals surface area contributed by atoms with Crippen molar-refractivity contribution in [2.45, 2.75) is 13.3 Å². The molecule has 2 aromatic carbocycles. The molecule has 0 bridgehead atoms. The van der Waals surface area contributed by atoms with E-state index in [1.165, 1.54) is 24.7 Å². The minimum atomic E-state index is -3.92. The number of nitrogens with two attached hydrogens (primary N) is 1. The monoisotopic (exact) mass is 341 g/mol. The number of carbonyl (C=O) groups excluding carboxylic acids is 1. The summed E-state index contributed by atoms with van der Waals surface area (Å²) >= 11 is 0. The lowest BCUT2D eigenvalue weighted by Gasteiger charge is -2.02. The molecule has 0 amide bonds. The summed E-state index contributed by atoms with van der Waals surface area (Å²) in [5.74, 6) is -0.435. The SMILES string of the molecule is CC(=O)OCCCP(=O)(O)O.CN.c1ccc2ccccc2c1. The van der Waals surface area contributed by atoms with Gasteiger partial charge in [-0.1, -0.05) is 48.5 Å². The third-order valence-corrected chi connectivity index (χ3v) is 3.46. The number of rotatable bonds is 4. The van der Waals surface area contributed by atoms with Crippen LogP contribution in [0.15, 0.2) is 48.5 Å². The maximum Gasteiger partial charge on any atom is 0.325 e. The molecule has 0 unspecified atom stereocenters. The van der Waals surface area contributed by atoms with Gasteiger partial charge in [0.05, 0.1) is 12.8 Å². The summed E-state index contributed by atoms with van der Waals surface area (Å²) in [7, 11) is -2.42. The van der Waals surface area contributed by atoms with Crippen molar-refractivity contribution < 1.29 is 23.9 Å². The Bertz CT molecular complexity index is 561. The molecular weight excluding hydrogens is 317 g/mol. The molecule has 0 saturated carbocycles. The zero-order valence-corrected chi connectivity index (χ0v) is 14.3. The van der Waals surface area contributed by atoms with E-state index in [2.05, 4.69) is 59.0 Å². The van der Waals surface area contributed by atoms with E-state index in [1.54, 1.807) is 0 Å². The highest BCUT2D eigenvalue weighted by Crippen LogP contribution is 2.34. The lowest BCUT2D eigenvalue weighted by molar-refractivity contribution is -0.140. The van der Waals surface area contributed by atoms with Crippen LogP contribution in [0.1, 0.15) is 13.3 Å². The van der Waals surface area contributed by atoms with Crippen LogP contribution in [0.4, 0.5) is 0 Å². The van der Waals surface area contributed by atoms with Crippen molar-refractivity contribution in [1.82, 2.24) is 0 Å². The number of fused-ring (bicyclic) bond motifs is 1. The molecule has 2 rings (SSSR count). The van der Waals surface area contributed by atoms with E-state index in [-0.39, 0.29) is 19.2 Å². The molecule has 0 spiro atoms. The molecule has 0 saturated heterocycles. The molecule has 0 atom stereocenters. The summed E-state index contributed by atoms with van der Waals surface area (Å²) in [5.41, 5.74) is 4.50. The molecule has 0 fully saturated rings. The second-order valence-corrected chi connectivity index (χ2v) is 6.21. The van der Waals surface area contributed by atoms with Crippen LogP contribution in [0.2, 0.25) is 0 Å². The lowest BCUT2D eigenvalue weighted by Crippen LogP contribution is -2.02. The van der Waals surface area contributed by atoms with E-state index in [4.69, 9.17) is 9.79 Å². The van der Waals surface area contributed by atoms with Crippen molar-refractivity contribution in [2.75, 3.05) is 19.8 Å². The van der Waals surface area contributed by atoms with Gasteiger partial charge >= 0.3 is 13.6 Å². The summed E-state index contributed by atoms with van der Waals surface area (Å²) in [6.07, 6.45) is -0.0376. The van der Waals surface area contributed by atoms with Gasteiger partial charge in [-0.15, -0.1) is 0 Å². The van der Waals surface area contributed by atoms with Gasteiger partial charge in [0.25, 0.3) is 0 Å². The molecule has 4 N–H and O–H groups in total. The van der Waals surface area contributed by atoms with Crippen molar-refractivity contribution in [2.24, 2.45) is 5.73 Å². The Morgan fingerprint density at radius 1 is 1.04 bits per heavy atom. The first-order chi connectivity index (χ1) is 10.9. The normalized spacial score (nSPS) is 9.96. The minimum Gasteiger partial charge on any atom is -0.466 e. The van der Waals surface area contributed by atoms with E-state index in [0.29, 0.717) is 0 Å². The van der Waals surface area contributed by atoms with Gasteiger partial charge in [-0.25, -0.2) is 0 Å². The summed E-state index contributed by atoms with van der Waals surface area (Å²) < 4.78 is 14.7. The lowest BCUT2D eigenvalue weighted by atomic mass is 10.1. The Hall–Kier alpha value is -1.72. The zero-order chi connectivity index (χ0) is 17.7. The van der Waals surface area contributed by atoms with Gasteiger partial charge in [-0.3, -0.25) is 9.36 Å². The molecular formula is C16H24NO5P. The molecule has 23 heavy (non-hydrogen) atoms. The first kappa shape index (κ1) is 21.3. The highest BCUT2D eigenvalue weighted by Gasteiger charge is 2.11. The van der Waals surface area contributed by atoms with Crippen molar-refractivity contribution in [1.29, 1.82) is 0 Å². The molecule has 7 heteroatoms. The molecule has 2 aromatic rings. The van der Waals surface area contributed by atoms with Crippen molar-refractivity contribution in [3.05, 3.63) is 48.5 Å². The topological polar surface area (TPSA) is 110 Å². The second kappa shape index (κ2) is 11.8. The van der Waals surface area contributed by atoms with Crippen molar-refractivity contribution >= 4 is 24.3 Å². The van der Waals surface area contributed by atoms with Gasteiger partial charge in [0.1, 0.15) is 0 Å². The third kappa shape index (κ3) is 11.5. The number of carbonyl (C=O) groups is 1. The molecule has 0 aliphatic rings. The number of hydrogen-bond acceptors (Lipinski definition) is 4. The van der Waals surface area contributed by atoms with Crippen molar-refractivity contribution in [3.8, 4) is 0 Å². The molecule has 128 valence electrons. The van der Waals surface area contributed by atoms with Gasteiger partial charge in [-0.05, 0) is 24.2 Å². The Balaban J connectivity index is 0.000000380. The predicted octanol–water partition coefficient (Wildman–Crippen LogP) is 2.53. The number of benzene rings is 2. The number of hydrogen-bond donors (Lipinski definition) is 3. The smallest absolute Gasteiger partial charge is 0.325 e. The Labute approximate surface area is 136 Å². The molecule has 0 heterocycles. The van der Waals surface area contributed by atoms with Crippen LogP contribution in [0.3, 0.4) is 0 Å². The van der Waals surface area contributed by atoms with Crippen LogP contribution >= 0.6 is 7.60 Å². The van der Waals surface area contributed by atoms with Gasteiger partial charge < -0.3 is 20.3 Å². The highest BCUT2D eigenvalue weighted by atomic mass is 31.2.